The Hall–Kier alpha value is -2.16. The molecule has 2 N–H and O–H groups in total. The van der Waals surface area contributed by atoms with E-state index >= 15 is 0 Å². The van der Waals surface area contributed by atoms with Crippen LogP contribution >= 0.6 is 0 Å². The van der Waals surface area contributed by atoms with Crippen molar-refractivity contribution >= 4 is 5.69 Å². The highest BCUT2D eigenvalue weighted by molar-refractivity contribution is 5.47. The van der Waals surface area contributed by atoms with Gasteiger partial charge in [0.25, 0.3) is 0 Å². The molecule has 0 atom stereocenters. The van der Waals surface area contributed by atoms with Crippen LogP contribution in [0.3, 0.4) is 0 Å². The first-order valence-corrected chi connectivity index (χ1v) is 7.02. The fraction of sp³-hybridized carbons (Fsp3) is 0.294. The first kappa shape index (κ1) is 14.3. The van der Waals surface area contributed by atoms with Gasteiger partial charge in [-0.05, 0) is 55.3 Å². The molecule has 2 aromatic carbocycles. The molecule has 2 aromatic rings. The topological polar surface area (TPSA) is 44.5 Å². The zero-order valence-electron chi connectivity index (χ0n) is 12.1. The smallest absolute Gasteiger partial charge is 0.169 e. The average molecular weight is 271 g/mol. The van der Waals surface area contributed by atoms with Gasteiger partial charge in [-0.15, -0.1) is 0 Å². The number of rotatable bonds is 6. The summed E-state index contributed by atoms with van der Waals surface area (Å²) in [6, 6.07) is 13.4. The fourth-order valence-corrected chi connectivity index (χ4v) is 2.01. The van der Waals surface area contributed by atoms with Crippen molar-refractivity contribution in [2.75, 3.05) is 12.3 Å². The molecule has 2 rings (SSSR count). The van der Waals surface area contributed by atoms with E-state index in [0.717, 1.165) is 35.8 Å². The van der Waals surface area contributed by atoms with Gasteiger partial charge in [0.2, 0.25) is 0 Å². The Morgan fingerprint density at radius 1 is 0.950 bits per heavy atom. The van der Waals surface area contributed by atoms with E-state index in [0.29, 0.717) is 6.61 Å². The Labute approximate surface area is 120 Å². The highest BCUT2D eigenvalue weighted by Gasteiger charge is 2.07. The molecule has 0 aliphatic heterocycles. The van der Waals surface area contributed by atoms with Crippen LogP contribution in [0.4, 0.5) is 5.69 Å². The summed E-state index contributed by atoms with van der Waals surface area (Å²) in [6.45, 7) is 4.76. The summed E-state index contributed by atoms with van der Waals surface area (Å²) in [4.78, 5) is 0. The number of ether oxygens (including phenoxy) is 2. The molecule has 0 aromatic heterocycles. The monoisotopic (exact) mass is 271 g/mol. The summed E-state index contributed by atoms with van der Waals surface area (Å²) in [5.41, 5.74) is 7.66. The molecule has 0 aliphatic rings. The van der Waals surface area contributed by atoms with Crippen molar-refractivity contribution in [1.29, 1.82) is 0 Å². The third-order valence-corrected chi connectivity index (χ3v) is 2.95. The van der Waals surface area contributed by atoms with Crippen molar-refractivity contribution in [2.45, 2.75) is 26.7 Å². The molecule has 106 valence electrons. The number of nitrogen functional groups attached to an aromatic ring is 1. The Bertz CT molecular complexity index is 549. The van der Waals surface area contributed by atoms with Gasteiger partial charge in [-0.1, -0.05) is 19.4 Å². The van der Waals surface area contributed by atoms with Crippen LogP contribution in [-0.4, -0.2) is 6.61 Å². The van der Waals surface area contributed by atoms with E-state index in [2.05, 4.69) is 19.1 Å². The third kappa shape index (κ3) is 3.67. The van der Waals surface area contributed by atoms with Crippen molar-refractivity contribution < 1.29 is 9.47 Å². The van der Waals surface area contributed by atoms with Crippen LogP contribution in [0.15, 0.2) is 42.5 Å². The summed E-state index contributed by atoms with van der Waals surface area (Å²) in [7, 11) is 0. The number of nitrogens with two attached hydrogens (primary N) is 1. The van der Waals surface area contributed by atoms with Gasteiger partial charge in [0.15, 0.2) is 11.5 Å². The predicted octanol–water partition coefficient (Wildman–Crippen LogP) is 4.41. The number of anilines is 1. The molecular formula is C17H21NO2. The van der Waals surface area contributed by atoms with E-state index < -0.39 is 0 Å². The van der Waals surface area contributed by atoms with Crippen LogP contribution < -0.4 is 15.2 Å². The Morgan fingerprint density at radius 3 is 2.35 bits per heavy atom. The third-order valence-electron chi connectivity index (χ3n) is 2.95. The first-order chi connectivity index (χ1) is 9.72. The minimum Gasteiger partial charge on any atom is -0.490 e. The van der Waals surface area contributed by atoms with E-state index in [1.54, 1.807) is 0 Å². The highest BCUT2D eigenvalue weighted by atomic mass is 16.5. The van der Waals surface area contributed by atoms with E-state index in [9.17, 15) is 0 Å². The minimum absolute atomic E-state index is 0.619. The van der Waals surface area contributed by atoms with E-state index in [-0.39, 0.29) is 0 Å². The molecule has 0 unspecified atom stereocenters. The zero-order chi connectivity index (χ0) is 14.4. The molecule has 0 amide bonds. The largest absolute Gasteiger partial charge is 0.490 e. The van der Waals surface area contributed by atoms with Crippen LogP contribution in [0, 0.1) is 0 Å². The van der Waals surface area contributed by atoms with Crippen LogP contribution in [0.25, 0.3) is 0 Å². The normalized spacial score (nSPS) is 10.3. The van der Waals surface area contributed by atoms with Crippen LogP contribution in [-0.2, 0) is 6.42 Å². The standard InChI is InChI=1S/C17H21NO2/c1-3-5-13-6-11-16(17(12-13)19-4-2)20-15-9-7-14(18)8-10-15/h6-12H,3-5,18H2,1-2H3. The van der Waals surface area contributed by atoms with Crippen LogP contribution in [0.2, 0.25) is 0 Å². The number of benzene rings is 2. The van der Waals surface area contributed by atoms with Gasteiger partial charge >= 0.3 is 0 Å². The van der Waals surface area contributed by atoms with Gasteiger partial charge < -0.3 is 15.2 Å². The molecule has 0 radical (unpaired) electrons. The SMILES string of the molecule is CCCc1ccc(Oc2ccc(N)cc2)c(OCC)c1. The van der Waals surface area contributed by atoms with E-state index in [4.69, 9.17) is 15.2 Å². The second-order valence-corrected chi connectivity index (χ2v) is 4.64. The molecule has 0 saturated heterocycles. The zero-order valence-corrected chi connectivity index (χ0v) is 12.1. The quantitative estimate of drug-likeness (QED) is 0.791. The predicted molar refractivity (Wildman–Crippen MR) is 82.5 cm³/mol. The molecule has 0 bridgehead atoms. The van der Waals surface area contributed by atoms with Crippen molar-refractivity contribution in [3.8, 4) is 17.2 Å². The van der Waals surface area contributed by atoms with Crippen LogP contribution in [0.1, 0.15) is 25.8 Å². The molecule has 0 aliphatic carbocycles. The van der Waals surface area contributed by atoms with Crippen LogP contribution in [0.5, 0.6) is 17.2 Å². The molecule has 3 nitrogen and oxygen atoms in total. The molecule has 0 saturated carbocycles. The molecule has 0 heterocycles. The summed E-state index contributed by atoms with van der Waals surface area (Å²) in [5, 5.41) is 0. The maximum Gasteiger partial charge on any atom is 0.169 e. The molecule has 0 spiro atoms. The van der Waals surface area contributed by atoms with Gasteiger partial charge in [0.05, 0.1) is 6.61 Å². The lowest BCUT2D eigenvalue weighted by molar-refractivity contribution is 0.321. The lowest BCUT2D eigenvalue weighted by Gasteiger charge is -2.13. The Morgan fingerprint density at radius 2 is 1.70 bits per heavy atom. The van der Waals surface area contributed by atoms with Crippen molar-refractivity contribution in [3.63, 3.8) is 0 Å². The maximum atomic E-state index is 5.87. The minimum atomic E-state index is 0.619. The van der Waals surface area contributed by atoms with Crippen molar-refractivity contribution in [3.05, 3.63) is 48.0 Å². The summed E-state index contributed by atoms with van der Waals surface area (Å²) in [5.74, 6) is 2.27. The van der Waals surface area contributed by atoms with Gasteiger partial charge in [-0.25, -0.2) is 0 Å². The molecule has 20 heavy (non-hydrogen) atoms. The highest BCUT2D eigenvalue weighted by Crippen LogP contribution is 2.33. The second kappa shape index (κ2) is 6.85. The second-order valence-electron chi connectivity index (χ2n) is 4.64. The van der Waals surface area contributed by atoms with E-state index in [1.165, 1.54) is 5.56 Å². The molecule has 0 fully saturated rings. The van der Waals surface area contributed by atoms with Crippen molar-refractivity contribution in [2.24, 2.45) is 0 Å². The summed E-state index contributed by atoms with van der Waals surface area (Å²) in [6.07, 6.45) is 2.16. The van der Waals surface area contributed by atoms with E-state index in [1.807, 2.05) is 37.3 Å². The first-order valence-electron chi connectivity index (χ1n) is 7.02. The van der Waals surface area contributed by atoms with Gasteiger partial charge in [-0.2, -0.15) is 0 Å². The molecular weight excluding hydrogens is 250 g/mol. The number of hydrogen-bond donors (Lipinski definition) is 1. The van der Waals surface area contributed by atoms with Crippen molar-refractivity contribution in [1.82, 2.24) is 0 Å². The lowest BCUT2D eigenvalue weighted by Crippen LogP contribution is -1.97. The van der Waals surface area contributed by atoms with Gasteiger partial charge in [-0.3, -0.25) is 0 Å². The fourth-order valence-electron chi connectivity index (χ4n) is 2.01. The Kier molecular flexibility index (Phi) is 4.88. The van der Waals surface area contributed by atoms with Gasteiger partial charge in [0.1, 0.15) is 5.75 Å². The van der Waals surface area contributed by atoms with Gasteiger partial charge in [0, 0.05) is 5.69 Å². The molecule has 3 heteroatoms. The number of hydrogen-bond acceptors (Lipinski definition) is 3. The maximum absolute atomic E-state index is 5.87. The average Bonchev–Trinajstić information content (AvgIpc) is 2.45. The number of aryl methyl sites for hydroxylation is 1. The summed E-state index contributed by atoms with van der Waals surface area (Å²) >= 11 is 0. The Balaban J connectivity index is 2.23. The summed E-state index contributed by atoms with van der Waals surface area (Å²) < 4.78 is 11.5. The lowest BCUT2D eigenvalue weighted by atomic mass is 10.1.